The van der Waals surface area contributed by atoms with E-state index in [9.17, 15) is 14.8 Å². The van der Waals surface area contributed by atoms with E-state index in [1.807, 2.05) is 0 Å². The Bertz CT molecular complexity index is 627. The molecular formula is C14H16N3O5-. The number of hydrogen-bond donors (Lipinski definition) is 3. The van der Waals surface area contributed by atoms with E-state index >= 15 is 0 Å². The van der Waals surface area contributed by atoms with Crippen molar-refractivity contribution in [2.75, 3.05) is 11.8 Å². The van der Waals surface area contributed by atoms with Gasteiger partial charge in [0.1, 0.15) is 0 Å². The van der Waals surface area contributed by atoms with Crippen molar-refractivity contribution in [1.82, 2.24) is 10.6 Å². The average Bonchev–Trinajstić information content (AvgIpc) is 2.46. The van der Waals surface area contributed by atoms with Crippen molar-refractivity contribution in [3.05, 3.63) is 46.3 Å². The summed E-state index contributed by atoms with van der Waals surface area (Å²) < 4.78 is 5.01. The number of ether oxygens (including phenoxy) is 1. The number of urea groups is 1. The highest BCUT2D eigenvalue weighted by molar-refractivity contribution is 5.95. The Morgan fingerprint density at radius 2 is 2.23 bits per heavy atom. The number of anilines is 1. The monoisotopic (exact) mass is 306 g/mol. The zero-order chi connectivity index (χ0) is 16.3. The van der Waals surface area contributed by atoms with Crippen molar-refractivity contribution >= 4 is 17.7 Å². The van der Waals surface area contributed by atoms with Gasteiger partial charge in [-0.3, -0.25) is 5.21 Å². The molecule has 118 valence electrons. The third-order valence-electron chi connectivity index (χ3n) is 3.19. The van der Waals surface area contributed by atoms with Crippen LogP contribution in [0.2, 0.25) is 0 Å². The summed E-state index contributed by atoms with van der Waals surface area (Å²) in [6.07, 6.45) is 0. The predicted molar refractivity (Wildman–Crippen MR) is 77.8 cm³/mol. The van der Waals surface area contributed by atoms with Crippen molar-refractivity contribution in [2.45, 2.75) is 19.9 Å². The van der Waals surface area contributed by atoms with Crippen molar-refractivity contribution < 1.29 is 19.5 Å². The third-order valence-corrected chi connectivity index (χ3v) is 3.19. The molecule has 2 amide bonds. The van der Waals surface area contributed by atoms with E-state index < -0.39 is 18.0 Å². The summed E-state index contributed by atoms with van der Waals surface area (Å²) in [6.45, 7) is 3.47. The van der Waals surface area contributed by atoms with Crippen molar-refractivity contribution in [1.29, 1.82) is 0 Å². The molecule has 0 saturated heterocycles. The van der Waals surface area contributed by atoms with Gasteiger partial charge in [0.2, 0.25) is 0 Å². The summed E-state index contributed by atoms with van der Waals surface area (Å²) >= 11 is 0. The first-order valence-electron chi connectivity index (χ1n) is 6.65. The second-order valence-electron chi connectivity index (χ2n) is 4.66. The lowest BCUT2D eigenvalue weighted by atomic mass is 9.95. The summed E-state index contributed by atoms with van der Waals surface area (Å²) in [7, 11) is 0. The van der Waals surface area contributed by atoms with Crippen LogP contribution in [0.1, 0.15) is 25.5 Å². The van der Waals surface area contributed by atoms with Gasteiger partial charge in [0.25, 0.3) is 0 Å². The zero-order valence-electron chi connectivity index (χ0n) is 12.1. The number of nitrogens with one attached hydrogen (secondary N) is 2. The fourth-order valence-corrected chi connectivity index (χ4v) is 2.25. The number of amides is 2. The normalized spacial score (nSPS) is 17.6. The van der Waals surface area contributed by atoms with Crippen LogP contribution >= 0.6 is 0 Å². The number of esters is 1. The number of allylic oxidation sites excluding steroid dienone is 1. The zero-order valence-corrected chi connectivity index (χ0v) is 12.1. The number of benzene rings is 1. The highest BCUT2D eigenvalue weighted by atomic mass is 16.8. The smallest absolute Gasteiger partial charge is 0.338 e. The van der Waals surface area contributed by atoms with Crippen molar-refractivity contribution in [3.8, 4) is 0 Å². The van der Waals surface area contributed by atoms with Gasteiger partial charge in [0, 0.05) is 5.70 Å². The lowest BCUT2D eigenvalue weighted by molar-refractivity contribution is -0.139. The molecule has 0 unspecified atom stereocenters. The van der Waals surface area contributed by atoms with Crippen LogP contribution in [0.5, 0.6) is 0 Å². The van der Waals surface area contributed by atoms with E-state index in [0.29, 0.717) is 11.3 Å². The maximum absolute atomic E-state index is 12.1. The molecule has 1 aliphatic heterocycles. The molecule has 0 aliphatic carbocycles. The Kier molecular flexibility index (Phi) is 4.64. The first kappa shape index (κ1) is 15.8. The minimum Gasteiger partial charge on any atom is -0.733 e. The van der Waals surface area contributed by atoms with Gasteiger partial charge in [-0.25, -0.2) is 9.59 Å². The Hall–Kier alpha value is -2.58. The molecule has 22 heavy (non-hydrogen) atoms. The van der Waals surface area contributed by atoms with E-state index in [0.717, 1.165) is 0 Å². The number of carbonyl (C=O) groups excluding carboxylic acids is 2. The van der Waals surface area contributed by atoms with E-state index in [1.54, 1.807) is 19.9 Å². The molecule has 2 rings (SSSR count). The van der Waals surface area contributed by atoms with Crippen LogP contribution in [0.4, 0.5) is 10.5 Å². The first-order valence-corrected chi connectivity index (χ1v) is 6.65. The molecule has 1 aromatic rings. The summed E-state index contributed by atoms with van der Waals surface area (Å²) in [5.74, 6) is -0.564. The van der Waals surface area contributed by atoms with Gasteiger partial charge >= 0.3 is 12.0 Å². The van der Waals surface area contributed by atoms with Crippen LogP contribution in [0.25, 0.3) is 0 Å². The van der Waals surface area contributed by atoms with Crippen LogP contribution in [0, 0.1) is 5.21 Å². The number of carbonyl (C=O) groups is 2. The Morgan fingerprint density at radius 3 is 2.86 bits per heavy atom. The van der Waals surface area contributed by atoms with Crippen LogP contribution in [-0.2, 0) is 9.53 Å². The average molecular weight is 306 g/mol. The van der Waals surface area contributed by atoms with Gasteiger partial charge in [-0.05, 0) is 31.5 Å². The number of hydrogen-bond acceptors (Lipinski definition) is 6. The highest BCUT2D eigenvalue weighted by Crippen LogP contribution is 2.29. The van der Waals surface area contributed by atoms with Crippen LogP contribution in [-0.4, -0.2) is 23.8 Å². The molecule has 0 aromatic heterocycles. The second-order valence-corrected chi connectivity index (χ2v) is 4.66. The summed E-state index contributed by atoms with van der Waals surface area (Å²) in [5, 5.41) is 24.8. The third kappa shape index (κ3) is 3.18. The SMILES string of the molecule is CCOC(=O)C1=C(C)NC(=O)N[C@H]1c1cccc(N([O-])O)c1. The standard InChI is InChI=1S/C14H16N3O5/c1-3-22-13(18)11-8(2)15-14(19)16-12(11)9-5-4-6-10(7-9)17(20)21/h4-7,12,20H,3H2,1-2H3,(H2,15,16,19)/q-1/t12-/m0/s1. The molecular weight excluding hydrogens is 290 g/mol. The molecule has 0 fully saturated rings. The van der Waals surface area contributed by atoms with Gasteiger partial charge in [-0.15, -0.1) is 0 Å². The topological polar surface area (TPSA) is 114 Å². The Morgan fingerprint density at radius 1 is 1.50 bits per heavy atom. The van der Waals surface area contributed by atoms with Crippen LogP contribution in [0.15, 0.2) is 35.5 Å². The molecule has 1 atom stereocenters. The summed E-state index contributed by atoms with van der Waals surface area (Å²) in [5.41, 5.74) is 1.09. The number of rotatable bonds is 4. The number of nitrogens with zero attached hydrogens (tertiary/aromatic N) is 1. The van der Waals surface area contributed by atoms with E-state index in [2.05, 4.69) is 10.6 Å². The lowest BCUT2D eigenvalue weighted by Crippen LogP contribution is -2.45. The Balaban J connectivity index is 2.45. The van der Waals surface area contributed by atoms with Gasteiger partial charge in [0.05, 0.1) is 23.9 Å². The van der Waals surface area contributed by atoms with Gasteiger partial charge in [0.15, 0.2) is 0 Å². The van der Waals surface area contributed by atoms with Gasteiger partial charge < -0.3 is 25.8 Å². The highest BCUT2D eigenvalue weighted by Gasteiger charge is 2.32. The maximum atomic E-state index is 12.1. The molecule has 0 bridgehead atoms. The molecule has 3 N–H and O–H groups in total. The second kappa shape index (κ2) is 6.46. The van der Waals surface area contributed by atoms with E-state index in [1.165, 1.54) is 18.2 Å². The molecule has 1 heterocycles. The van der Waals surface area contributed by atoms with Gasteiger partial charge in [-0.1, -0.05) is 12.1 Å². The summed E-state index contributed by atoms with van der Waals surface area (Å²) in [6, 6.07) is 4.72. The predicted octanol–water partition coefficient (Wildman–Crippen LogP) is 1.57. The fourth-order valence-electron chi connectivity index (χ4n) is 2.25. The lowest BCUT2D eigenvalue weighted by Gasteiger charge is -2.29. The molecule has 0 radical (unpaired) electrons. The largest absolute Gasteiger partial charge is 0.733 e. The molecule has 8 heteroatoms. The van der Waals surface area contributed by atoms with Crippen molar-refractivity contribution in [3.63, 3.8) is 0 Å². The molecule has 8 nitrogen and oxygen atoms in total. The molecule has 1 aromatic carbocycles. The minimum atomic E-state index is -0.771. The minimum absolute atomic E-state index is 0.00820. The molecule has 0 saturated carbocycles. The Labute approximate surface area is 126 Å². The first-order chi connectivity index (χ1) is 10.4. The van der Waals surface area contributed by atoms with E-state index in [4.69, 9.17) is 9.94 Å². The summed E-state index contributed by atoms with van der Waals surface area (Å²) in [4.78, 5) is 23.8. The van der Waals surface area contributed by atoms with Crippen LogP contribution in [0.3, 0.4) is 0 Å². The molecule has 0 spiro atoms. The quantitative estimate of drug-likeness (QED) is 0.574. The maximum Gasteiger partial charge on any atom is 0.338 e. The van der Waals surface area contributed by atoms with Crippen molar-refractivity contribution in [2.24, 2.45) is 0 Å². The van der Waals surface area contributed by atoms with E-state index in [-0.39, 0.29) is 23.1 Å². The fraction of sp³-hybridized carbons (Fsp3) is 0.286. The van der Waals surface area contributed by atoms with Gasteiger partial charge in [-0.2, -0.15) is 0 Å². The molecule has 1 aliphatic rings. The van der Waals surface area contributed by atoms with Crippen LogP contribution < -0.4 is 15.9 Å².